The number of likely N-dealkylation sites (N-methyl/N-ethyl adjacent to an activating group) is 1. The van der Waals surface area contributed by atoms with Crippen LogP contribution in [-0.2, 0) is 22.6 Å². The zero-order valence-electron chi connectivity index (χ0n) is 13.7. The fourth-order valence-electron chi connectivity index (χ4n) is 2.08. The van der Waals surface area contributed by atoms with E-state index in [1.165, 1.54) is 21.8 Å². The molecule has 2 aromatic rings. The highest BCUT2D eigenvalue weighted by atomic mass is 32.1. The smallest absolute Gasteiger partial charge is 0.323 e. The normalized spacial score (nSPS) is 10.4. The molecular weight excluding hydrogens is 328 g/mol. The van der Waals surface area contributed by atoms with Crippen LogP contribution in [0.25, 0.3) is 0 Å². The Morgan fingerprint density at radius 1 is 1.29 bits per heavy atom. The molecule has 1 aromatic heterocycles. The predicted molar refractivity (Wildman–Crippen MR) is 91.2 cm³/mol. The van der Waals surface area contributed by atoms with Crippen molar-refractivity contribution in [1.29, 1.82) is 0 Å². The molecule has 0 fully saturated rings. The van der Waals surface area contributed by atoms with E-state index in [9.17, 15) is 9.59 Å². The van der Waals surface area contributed by atoms with Crippen LogP contribution in [0.3, 0.4) is 0 Å². The first-order valence-electron chi connectivity index (χ1n) is 7.60. The predicted octanol–water partition coefficient (Wildman–Crippen LogP) is 2.51. The molecule has 0 spiro atoms. The molecule has 0 aliphatic heterocycles. The summed E-state index contributed by atoms with van der Waals surface area (Å²) < 4.78 is 5.66. The average Bonchev–Trinajstić information content (AvgIpc) is 2.99. The Balaban J connectivity index is 1.89. The molecule has 6 nitrogen and oxygen atoms in total. The first-order valence-corrected chi connectivity index (χ1v) is 8.48. The van der Waals surface area contributed by atoms with Crippen LogP contribution >= 0.6 is 11.3 Å². The lowest BCUT2D eigenvalue weighted by Crippen LogP contribution is -2.36. The van der Waals surface area contributed by atoms with Gasteiger partial charge in [0.05, 0.1) is 12.1 Å². The molecule has 0 aliphatic rings. The molecule has 1 N–H and O–H groups in total. The maximum atomic E-state index is 12.1. The van der Waals surface area contributed by atoms with Crippen LogP contribution in [-0.4, -0.2) is 40.0 Å². The number of hydrogen-bond acceptors (Lipinski definition) is 5. The number of rotatable bonds is 8. The quantitative estimate of drug-likeness (QED) is 0.793. The minimum atomic E-state index is -1.02. The maximum Gasteiger partial charge on any atom is 0.323 e. The summed E-state index contributed by atoms with van der Waals surface area (Å²) in [5.74, 6) is -0.487. The van der Waals surface area contributed by atoms with Crippen molar-refractivity contribution in [1.82, 2.24) is 9.88 Å². The van der Waals surface area contributed by atoms with Gasteiger partial charge in [0, 0.05) is 11.9 Å². The molecular formula is C17H20N2O4S. The van der Waals surface area contributed by atoms with Crippen molar-refractivity contribution < 1.29 is 19.4 Å². The molecule has 0 radical (unpaired) electrons. The summed E-state index contributed by atoms with van der Waals surface area (Å²) in [5.41, 5.74) is 1.80. The molecule has 0 saturated heterocycles. The number of nitrogens with zero attached hydrogens (tertiary/aromatic N) is 2. The Kier molecular flexibility index (Phi) is 6.31. The van der Waals surface area contributed by atoms with Crippen LogP contribution in [0.4, 0.5) is 0 Å². The maximum absolute atomic E-state index is 12.1. The van der Waals surface area contributed by atoms with E-state index in [0.29, 0.717) is 18.8 Å². The van der Waals surface area contributed by atoms with E-state index in [2.05, 4.69) is 4.98 Å². The first-order chi connectivity index (χ1) is 11.5. The summed E-state index contributed by atoms with van der Waals surface area (Å²) in [7, 11) is 0. The molecule has 2 rings (SSSR count). The minimum Gasteiger partial charge on any atom is -0.486 e. The lowest BCUT2D eigenvalue weighted by Gasteiger charge is -2.17. The second-order valence-corrected chi connectivity index (χ2v) is 6.26. The van der Waals surface area contributed by atoms with Gasteiger partial charge < -0.3 is 14.7 Å². The molecule has 0 aliphatic carbocycles. The summed E-state index contributed by atoms with van der Waals surface area (Å²) in [5, 5.41) is 11.4. The second kappa shape index (κ2) is 8.44. The van der Waals surface area contributed by atoms with Crippen LogP contribution < -0.4 is 4.74 Å². The van der Waals surface area contributed by atoms with Crippen molar-refractivity contribution in [3.05, 3.63) is 45.9 Å². The van der Waals surface area contributed by atoms with Crippen molar-refractivity contribution in [2.45, 2.75) is 26.9 Å². The van der Waals surface area contributed by atoms with Gasteiger partial charge in [-0.05, 0) is 26.0 Å². The number of carbonyl (C=O) groups excluding carboxylic acids is 1. The lowest BCUT2D eigenvalue weighted by molar-refractivity contribution is -0.144. The molecule has 0 saturated carbocycles. The topological polar surface area (TPSA) is 79.7 Å². The molecule has 1 amide bonds. The Morgan fingerprint density at radius 3 is 2.62 bits per heavy atom. The van der Waals surface area contributed by atoms with Gasteiger partial charge in [0.25, 0.3) is 0 Å². The molecule has 0 bridgehead atoms. The summed E-state index contributed by atoms with van der Waals surface area (Å²) in [6.07, 6.45) is 0.0994. The number of carbonyl (C=O) groups is 2. The van der Waals surface area contributed by atoms with Crippen molar-refractivity contribution in [2.24, 2.45) is 0 Å². The summed E-state index contributed by atoms with van der Waals surface area (Å²) in [4.78, 5) is 28.5. The number of aromatic nitrogens is 1. The molecule has 1 heterocycles. The number of carboxylic acid groups (broad SMARTS) is 1. The zero-order valence-corrected chi connectivity index (χ0v) is 14.5. The molecule has 128 valence electrons. The van der Waals surface area contributed by atoms with Gasteiger partial charge in [0.2, 0.25) is 5.91 Å². The van der Waals surface area contributed by atoms with Gasteiger partial charge in [0.1, 0.15) is 23.9 Å². The molecule has 7 heteroatoms. The van der Waals surface area contributed by atoms with Gasteiger partial charge in [-0.2, -0.15) is 0 Å². The minimum absolute atomic E-state index is 0.0994. The highest BCUT2D eigenvalue weighted by molar-refractivity contribution is 7.09. The highest BCUT2D eigenvalue weighted by Crippen LogP contribution is 2.16. The van der Waals surface area contributed by atoms with Crippen molar-refractivity contribution in [3.8, 4) is 5.75 Å². The molecule has 1 aromatic carbocycles. The van der Waals surface area contributed by atoms with Gasteiger partial charge in [-0.15, -0.1) is 11.3 Å². The van der Waals surface area contributed by atoms with E-state index in [1.807, 2.05) is 31.2 Å². The van der Waals surface area contributed by atoms with Gasteiger partial charge in [-0.3, -0.25) is 9.59 Å². The number of amides is 1. The van der Waals surface area contributed by atoms with Gasteiger partial charge in [-0.1, -0.05) is 17.7 Å². The molecule has 0 atom stereocenters. The van der Waals surface area contributed by atoms with Crippen LogP contribution in [0.1, 0.15) is 23.2 Å². The number of carboxylic acids is 1. The third kappa shape index (κ3) is 5.34. The number of ether oxygens (including phenoxy) is 1. The van der Waals surface area contributed by atoms with E-state index < -0.39 is 5.97 Å². The molecule has 24 heavy (non-hydrogen) atoms. The van der Waals surface area contributed by atoms with E-state index in [0.717, 1.165) is 10.8 Å². The second-order valence-electron chi connectivity index (χ2n) is 5.31. The first kappa shape index (κ1) is 17.9. The SMILES string of the molecule is CCN(CC(=O)O)C(=O)Cc1csc(COc2ccc(C)cc2)n1. The van der Waals surface area contributed by atoms with E-state index in [1.54, 1.807) is 12.3 Å². The summed E-state index contributed by atoms with van der Waals surface area (Å²) >= 11 is 1.42. The number of aliphatic carboxylic acids is 1. The summed E-state index contributed by atoms with van der Waals surface area (Å²) in [6.45, 7) is 4.18. The monoisotopic (exact) mass is 348 g/mol. The van der Waals surface area contributed by atoms with Crippen molar-refractivity contribution >= 4 is 23.2 Å². The third-order valence-corrected chi connectivity index (χ3v) is 4.25. The summed E-state index contributed by atoms with van der Waals surface area (Å²) in [6, 6.07) is 7.75. The van der Waals surface area contributed by atoms with Crippen LogP contribution in [0.5, 0.6) is 5.75 Å². The van der Waals surface area contributed by atoms with Crippen LogP contribution in [0.15, 0.2) is 29.6 Å². The van der Waals surface area contributed by atoms with Gasteiger partial charge in [-0.25, -0.2) is 4.98 Å². The van der Waals surface area contributed by atoms with Crippen molar-refractivity contribution in [3.63, 3.8) is 0 Å². The van der Waals surface area contributed by atoms with Crippen LogP contribution in [0.2, 0.25) is 0 Å². The van der Waals surface area contributed by atoms with E-state index >= 15 is 0 Å². The number of benzene rings is 1. The van der Waals surface area contributed by atoms with Gasteiger partial charge in [0.15, 0.2) is 0 Å². The van der Waals surface area contributed by atoms with Crippen molar-refractivity contribution in [2.75, 3.05) is 13.1 Å². The Morgan fingerprint density at radius 2 is 2.00 bits per heavy atom. The van der Waals surface area contributed by atoms with Crippen LogP contribution in [0, 0.1) is 6.92 Å². The van der Waals surface area contributed by atoms with E-state index in [-0.39, 0.29) is 18.9 Å². The lowest BCUT2D eigenvalue weighted by atomic mass is 10.2. The number of hydrogen-bond donors (Lipinski definition) is 1. The Labute approximate surface area is 144 Å². The van der Waals surface area contributed by atoms with Gasteiger partial charge >= 0.3 is 5.97 Å². The Hall–Kier alpha value is -2.41. The highest BCUT2D eigenvalue weighted by Gasteiger charge is 2.16. The standard InChI is InChI=1S/C17H20N2O4S/c1-3-19(9-17(21)22)16(20)8-13-11-24-15(18-13)10-23-14-6-4-12(2)5-7-14/h4-7,11H,3,8-10H2,1-2H3,(H,21,22). The third-order valence-electron chi connectivity index (χ3n) is 3.38. The number of thiazole rings is 1. The fourth-order valence-corrected chi connectivity index (χ4v) is 2.79. The Bertz CT molecular complexity index is 697. The number of aryl methyl sites for hydroxylation is 1. The largest absolute Gasteiger partial charge is 0.486 e. The zero-order chi connectivity index (χ0) is 17.5. The fraction of sp³-hybridized carbons (Fsp3) is 0.353. The average molecular weight is 348 g/mol. The van der Waals surface area contributed by atoms with E-state index in [4.69, 9.17) is 9.84 Å². The molecule has 0 unspecified atom stereocenters.